The third-order valence-electron chi connectivity index (χ3n) is 5.64. The highest BCUT2D eigenvalue weighted by atomic mass is 16.5. The van der Waals surface area contributed by atoms with Crippen LogP contribution < -0.4 is 14.2 Å². The molecular weight excluding hydrogens is 346 g/mol. The maximum absolute atomic E-state index is 12.9. The molecule has 1 aliphatic heterocycles. The van der Waals surface area contributed by atoms with Gasteiger partial charge in [0.25, 0.3) is 0 Å². The first-order valence-electron chi connectivity index (χ1n) is 9.13. The van der Waals surface area contributed by atoms with Gasteiger partial charge in [-0.2, -0.15) is 5.10 Å². The Bertz CT molecular complexity index is 851. The molecule has 1 fully saturated rings. The summed E-state index contributed by atoms with van der Waals surface area (Å²) in [6.45, 7) is 1.55. The number of hydrogen-bond donors (Lipinski definition) is 0. The van der Waals surface area contributed by atoms with Crippen LogP contribution in [0.2, 0.25) is 0 Å². The minimum absolute atomic E-state index is 0.121. The van der Waals surface area contributed by atoms with E-state index in [0.717, 1.165) is 25.1 Å². The van der Waals surface area contributed by atoms with Crippen molar-refractivity contribution in [2.45, 2.75) is 18.8 Å². The molecule has 0 bridgehead atoms. The molecule has 2 aromatic rings. The molecule has 0 radical (unpaired) electrons. The molecule has 144 valence electrons. The Kier molecular flexibility index (Phi) is 4.45. The van der Waals surface area contributed by atoms with E-state index in [-0.39, 0.29) is 5.91 Å². The first kappa shape index (κ1) is 17.7. The average Bonchev–Trinajstić information content (AvgIpc) is 3.30. The standard InChI is InChI=1S/C20H25N3O4/c1-22-9-14-8-13-10-23(11-15(13)19(14)21-22)18(24)7-12-5-16(25-2)20(27-4)17(6-12)26-3/h5-6,9,13,15H,7-8,10-11H2,1-4H3/t13-,15+/m1/s1. The summed E-state index contributed by atoms with van der Waals surface area (Å²) < 4.78 is 18.0. The van der Waals surface area contributed by atoms with Crippen molar-refractivity contribution in [2.24, 2.45) is 13.0 Å². The molecule has 0 saturated carbocycles. The summed E-state index contributed by atoms with van der Waals surface area (Å²) in [7, 11) is 6.68. The summed E-state index contributed by atoms with van der Waals surface area (Å²) in [5.74, 6) is 2.65. The number of rotatable bonds is 5. The average molecular weight is 371 g/mol. The maximum Gasteiger partial charge on any atom is 0.227 e. The fourth-order valence-corrected chi connectivity index (χ4v) is 4.42. The zero-order valence-corrected chi connectivity index (χ0v) is 16.2. The number of amides is 1. The molecule has 7 heteroatoms. The molecule has 2 heterocycles. The Hall–Kier alpha value is -2.70. The minimum Gasteiger partial charge on any atom is -0.493 e. The Morgan fingerprint density at radius 1 is 1.15 bits per heavy atom. The summed E-state index contributed by atoms with van der Waals surface area (Å²) >= 11 is 0. The second-order valence-corrected chi connectivity index (χ2v) is 7.29. The second-order valence-electron chi connectivity index (χ2n) is 7.29. The number of aryl methyl sites for hydroxylation is 1. The number of carbonyl (C=O) groups is 1. The number of likely N-dealkylation sites (tertiary alicyclic amines) is 1. The third kappa shape index (κ3) is 3.01. The minimum atomic E-state index is 0.121. The summed E-state index contributed by atoms with van der Waals surface area (Å²) in [5, 5.41) is 4.61. The largest absolute Gasteiger partial charge is 0.493 e. The van der Waals surface area contributed by atoms with Crippen molar-refractivity contribution in [1.29, 1.82) is 0 Å². The summed E-state index contributed by atoms with van der Waals surface area (Å²) in [6, 6.07) is 3.68. The number of benzene rings is 1. The fraction of sp³-hybridized carbons (Fsp3) is 0.500. The Labute approximate surface area is 158 Å². The molecule has 2 atom stereocenters. The third-order valence-corrected chi connectivity index (χ3v) is 5.64. The number of ether oxygens (including phenoxy) is 3. The van der Waals surface area contributed by atoms with E-state index in [1.54, 1.807) is 21.3 Å². The van der Waals surface area contributed by atoms with E-state index in [0.29, 0.717) is 35.5 Å². The van der Waals surface area contributed by atoms with Crippen LogP contribution in [0.25, 0.3) is 0 Å². The highest BCUT2D eigenvalue weighted by Crippen LogP contribution is 2.42. The molecule has 1 amide bonds. The van der Waals surface area contributed by atoms with Gasteiger partial charge in [0, 0.05) is 32.3 Å². The zero-order chi connectivity index (χ0) is 19.1. The fourth-order valence-electron chi connectivity index (χ4n) is 4.42. The van der Waals surface area contributed by atoms with Gasteiger partial charge in [-0.1, -0.05) is 0 Å². The van der Waals surface area contributed by atoms with Crippen LogP contribution in [0.3, 0.4) is 0 Å². The van der Waals surface area contributed by atoms with Crippen LogP contribution in [0.5, 0.6) is 17.2 Å². The van der Waals surface area contributed by atoms with Crippen molar-refractivity contribution in [1.82, 2.24) is 14.7 Å². The van der Waals surface area contributed by atoms with Gasteiger partial charge in [0.2, 0.25) is 11.7 Å². The van der Waals surface area contributed by atoms with E-state index in [4.69, 9.17) is 14.2 Å². The van der Waals surface area contributed by atoms with Gasteiger partial charge in [-0.25, -0.2) is 0 Å². The summed E-state index contributed by atoms with van der Waals surface area (Å²) in [4.78, 5) is 14.9. The van der Waals surface area contributed by atoms with Crippen LogP contribution in [0, 0.1) is 5.92 Å². The lowest BCUT2D eigenvalue weighted by atomic mass is 9.99. The SMILES string of the molecule is COc1cc(CC(=O)N2C[C@H]3Cc4cn(C)nc4[C@H]3C2)cc(OC)c1OC. The second kappa shape index (κ2) is 6.79. The van der Waals surface area contributed by atoms with Crippen LogP contribution in [0.4, 0.5) is 0 Å². The molecule has 7 nitrogen and oxygen atoms in total. The Morgan fingerprint density at radius 2 is 1.85 bits per heavy atom. The molecule has 1 aromatic carbocycles. The molecule has 0 unspecified atom stereocenters. The van der Waals surface area contributed by atoms with Crippen LogP contribution in [0.1, 0.15) is 22.7 Å². The number of hydrogen-bond acceptors (Lipinski definition) is 5. The van der Waals surface area contributed by atoms with E-state index in [1.807, 2.05) is 28.8 Å². The van der Waals surface area contributed by atoms with Crippen molar-refractivity contribution >= 4 is 5.91 Å². The van der Waals surface area contributed by atoms with Gasteiger partial charge < -0.3 is 19.1 Å². The van der Waals surface area contributed by atoms with Gasteiger partial charge in [0.1, 0.15) is 0 Å². The molecule has 1 aliphatic carbocycles. The monoisotopic (exact) mass is 371 g/mol. The molecule has 0 spiro atoms. The van der Waals surface area contributed by atoms with Crippen molar-refractivity contribution in [3.63, 3.8) is 0 Å². The van der Waals surface area contributed by atoms with E-state index in [2.05, 4.69) is 11.3 Å². The van der Waals surface area contributed by atoms with Crippen molar-refractivity contribution in [3.8, 4) is 17.2 Å². The molecule has 27 heavy (non-hydrogen) atoms. The van der Waals surface area contributed by atoms with Gasteiger partial charge in [0.15, 0.2) is 11.5 Å². The number of aromatic nitrogens is 2. The highest BCUT2D eigenvalue weighted by Gasteiger charge is 2.43. The predicted octanol–water partition coefficient (Wildman–Crippen LogP) is 1.79. The van der Waals surface area contributed by atoms with Crippen LogP contribution in [-0.2, 0) is 24.7 Å². The van der Waals surface area contributed by atoms with Gasteiger partial charge in [-0.05, 0) is 35.6 Å². The van der Waals surface area contributed by atoms with Crippen LogP contribution in [0.15, 0.2) is 18.3 Å². The van der Waals surface area contributed by atoms with Crippen molar-refractivity contribution in [3.05, 3.63) is 35.2 Å². The van der Waals surface area contributed by atoms with Crippen molar-refractivity contribution < 1.29 is 19.0 Å². The number of fused-ring (bicyclic) bond motifs is 3. The number of methoxy groups -OCH3 is 3. The lowest BCUT2D eigenvalue weighted by Gasteiger charge is -2.18. The lowest BCUT2D eigenvalue weighted by Crippen LogP contribution is -2.31. The van der Waals surface area contributed by atoms with Crippen LogP contribution >= 0.6 is 0 Å². The van der Waals surface area contributed by atoms with Gasteiger partial charge >= 0.3 is 0 Å². The predicted molar refractivity (Wildman–Crippen MR) is 99.5 cm³/mol. The number of carbonyl (C=O) groups excluding carboxylic acids is 1. The topological polar surface area (TPSA) is 65.8 Å². The molecule has 4 rings (SSSR count). The molecule has 1 saturated heterocycles. The van der Waals surface area contributed by atoms with E-state index in [1.165, 1.54) is 11.3 Å². The number of nitrogens with zero attached hydrogens (tertiary/aromatic N) is 3. The first-order chi connectivity index (χ1) is 13.0. The molecular formula is C20H25N3O4. The van der Waals surface area contributed by atoms with Gasteiger partial charge in [0.05, 0.1) is 33.4 Å². The quantitative estimate of drug-likeness (QED) is 0.802. The van der Waals surface area contributed by atoms with Crippen molar-refractivity contribution in [2.75, 3.05) is 34.4 Å². The zero-order valence-electron chi connectivity index (χ0n) is 16.2. The Balaban J connectivity index is 1.49. The van der Waals surface area contributed by atoms with E-state index in [9.17, 15) is 4.79 Å². The summed E-state index contributed by atoms with van der Waals surface area (Å²) in [6.07, 6.45) is 3.43. The first-order valence-corrected chi connectivity index (χ1v) is 9.13. The summed E-state index contributed by atoms with van der Waals surface area (Å²) in [5.41, 5.74) is 3.36. The molecule has 1 aromatic heterocycles. The molecule has 2 aliphatic rings. The van der Waals surface area contributed by atoms with Gasteiger partial charge in [-0.15, -0.1) is 0 Å². The lowest BCUT2D eigenvalue weighted by molar-refractivity contribution is -0.129. The van der Waals surface area contributed by atoms with Gasteiger partial charge in [-0.3, -0.25) is 9.48 Å². The molecule has 0 N–H and O–H groups in total. The van der Waals surface area contributed by atoms with Crippen LogP contribution in [-0.4, -0.2) is 55.0 Å². The smallest absolute Gasteiger partial charge is 0.227 e. The highest BCUT2D eigenvalue weighted by molar-refractivity contribution is 5.80. The normalized spacial score (nSPS) is 20.4. The van der Waals surface area contributed by atoms with E-state index < -0.39 is 0 Å². The van der Waals surface area contributed by atoms with E-state index >= 15 is 0 Å². The Morgan fingerprint density at radius 3 is 2.48 bits per heavy atom. The maximum atomic E-state index is 12.9.